The number of rotatable bonds is 7. The number of para-hydroxylation sites is 2. The van der Waals surface area contributed by atoms with Gasteiger partial charge in [0.15, 0.2) is 0 Å². The number of carbonyl (C=O) groups excluding carboxylic acids is 2. The molecular formula is C27H27N3O2. The highest BCUT2D eigenvalue weighted by Crippen LogP contribution is 2.28. The van der Waals surface area contributed by atoms with Gasteiger partial charge in [-0.15, -0.1) is 6.58 Å². The number of nitrogens with one attached hydrogen (secondary N) is 2. The summed E-state index contributed by atoms with van der Waals surface area (Å²) in [6, 6.07) is 23.2. The smallest absolute Gasteiger partial charge is 0.255 e. The van der Waals surface area contributed by atoms with Gasteiger partial charge >= 0.3 is 0 Å². The fraction of sp³-hybridized carbons (Fsp3) is 0.185. The minimum absolute atomic E-state index is 0.246. The number of carbonyl (C=O) groups is 2. The molecule has 0 unspecified atom stereocenters. The molecule has 3 aromatic rings. The van der Waals surface area contributed by atoms with E-state index < -0.39 is 0 Å². The van der Waals surface area contributed by atoms with E-state index in [9.17, 15) is 9.59 Å². The highest BCUT2D eigenvalue weighted by atomic mass is 16.2. The van der Waals surface area contributed by atoms with Crippen molar-refractivity contribution in [2.75, 3.05) is 23.3 Å². The van der Waals surface area contributed by atoms with E-state index in [0.717, 1.165) is 31.5 Å². The summed E-state index contributed by atoms with van der Waals surface area (Å²) < 4.78 is 0. The van der Waals surface area contributed by atoms with Crippen molar-refractivity contribution < 1.29 is 9.59 Å². The first-order valence-corrected chi connectivity index (χ1v) is 10.9. The predicted octanol–water partition coefficient (Wildman–Crippen LogP) is 4.81. The van der Waals surface area contributed by atoms with Gasteiger partial charge in [-0.05, 0) is 54.3 Å². The first-order valence-electron chi connectivity index (χ1n) is 10.9. The van der Waals surface area contributed by atoms with E-state index in [1.807, 2.05) is 24.3 Å². The lowest BCUT2D eigenvalue weighted by Gasteiger charge is -2.31. The maximum atomic E-state index is 12.8. The van der Waals surface area contributed by atoms with Crippen LogP contribution >= 0.6 is 0 Å². The Balaban J connectivity index is 1.44. The highest BCUT2D eigenvalue weighted by Gasteiger charge is 2.17. The molecule has 0 bridgehead atoms. The summed E-state index contributed by atoms with van der Waals surface area (Å²) >= 11 is 0. The molecule has 3 aromatic carbocycles. The summed E-state index contributed by atoms with van der Waals surface area (Å²) in [5, 5.41) is 5.60. The lowest BCUT2D eigenvalue weighted by Crippen LogP contribution is -2.28. The molecule has 162 valence electrons. The second-order valence-electron chi connectivity index (χ2n) is 7.85. The molecular weight excluding hydrogens is 398 g/mol. The van der Waals surface area contributed by atoms with Gasteiger partial charge in [0.2, 0.25) is 0 Å². The minimum Gasteiger partial charge on any atom is -0.367 e. The highest BCUT2D eigenvalue weighted by molar-refractivity contribution is 6.09. The van der Waals surface area contributed by atoms with Crippen molar-refractivity contribution in [3.63, 3.8) is 0 Å². The third kappa shape index (κ3) is 4.89. The van der Waals surface area contributed by atoms with Gasteiger partial charge in [0, 0.05) is 30.9 Å². The molecule has 0 saturated heterocycles. The van der Waals surface area contributed by atoms with Crippen LogP contribution in [-0.4, -0.2) is 24.9 Å². The fourth-order valence-electron chi connectivity index (χ4n) is 4.00. The maximum Gasteiger partial charge on any atom is 0.255 e. The Labute approximate surface area is 188 Å². The Morgan fingerprint density at radius 1 is 0.938 bits per heavy atom. The maximum absolute atomic E-state index is 12.8. The van der Waals surface area contributed by atoms with Crippen LogP contribution in [0.15, 0.2) is 85.5 Å². The number of aryl methyl sites for hydroxylation is 1. The van der Waals surface area contributed by atoms with Crippen LogP contribution in [0.3, 0.4) is 0 Å². The van der Waals surface area contributed by atoms with Gasteiger partial charge in [0.25, 0.3) is 11.8 Å². The lowest BCUT2D eigenvalue weighted by molar-refractivity contribution is 0.0959. The topological polar surface area (TPSA) is 61.4 Å². The quantitative estimate of drug-likeness (QED) is 0.534. The van der Waals surface area contributed by atoms with Gasteiger partial charge in [0.1, 0.15) is 0 Å². The van der Waals surface area contributed by atoms with Crippen molar-refractivity contribution >= 4 is 23.2 Å². The molecule has 0 saturated carbocycles. The van der Waals surface area contributed by atoms with Crippen LogP contribution in [0.4, 0.5) is 11.4 Å². The molecule has 32 heavy (non-hydrogen) atoms. The third-order valence-corrected chi connectivity index (χ3v) is 5.62. The van der Waals surface area contributed by atoms with Crippen LogP contribution < -0.4 is 15.5 Å². The van der Waals surface area contributed by atoms with Gasteiger partial charge in [-0.1, -0.05) is 48.5 Å². The van der Waals surface area contributed by atoms with Gasteiger partial charge in [-0.2, -0.15) is 0 Å². The van der Waals surface area contributed by atoms with Crippen molar-refractivity contribution in [3.8, 4) is 0 Å². The fourth-order valence-corrected chi connectivity index (χ4v) is 4.00. The molecule has 1 heterocycles. The Kier molecular flexibility index (Phi) is 6.66. The van der Waals surface area contributed by atoms with Crippen molar-refractivity contribution in [2.45, 2.75) is 19.4 Å². The van der Waals surface area contributed by atoms with E-state index in [1.165, 1.54) is 11.3 Å². The average Bonchev–Trinajstić information content (AvgIpc) is 2.83. The Bertz CT molecular complexity index is 1120. The van der Waals surface area contributed by atoms with Gasteiger partial charge in [-0.3, -0.25) is 9.59 Å². The first-order chi connectivity index (χ1) is 15.7. The largest absolute Gasteiger partial charge is 0.367 e. The van der Waals surface area contributed by atoms with E-state index in [1.54, 1.807) is 30.3 Å². The molecule has 2 N–H and O–H groups in total. The zero-order valence-corrected chi connectivity index (χ0v) is 18.0. The van der Waals surface area contributed by atoms with E-state index >= 15 is 0 Å². The molecule has 1 aliphatic heterocycles. The van der Waals surface area contributed by atoms with E-state index in [-0.39, 0.29) is 11.8 Å². The summed E-state index contributed by atoms with van der Waals surface area (Å²) in [6.45, 7) is 5.81. The van der Waals surface area contributed by atoms with E-state index in [2.05, 4.69) is 46.4 Å². The number of nitrogens with zero attached hydrogens (tertiary/aromatic N) is 1. The molecule has 0 aromatic heterocycles. The normalized spacial score (nSPS) is 12.6. The van der Waals surface area contributed by atoms with Crippen molar-refractivity contribution in [3.05, 3.63) is 108 Å². The Hall–Kier alpha value is -3.86. The van der Waals surface area contributed by atoms with Crippen LogP contribution in [0.2, 0.25) is 0 Å². The Morgan fingerprint density at radius 3 is 2.50 bits per heavy atom. The number of fused-ring (bicyclic) bond motifs is 1. The predicted molar refractivity (Wildman–Crippen MR) is 129 cm³/mol. The van der Waals surface area contributed by atoms with Gasteiger partial charge < -0.3 is 15.5 Å². The number of anilines is 2. The zero-order valence-electron chi connectivity index (χ0n) is 18.0. The average molecular weight is 426 g/mol. The van der Waals surface area contributed by atoms with Crippen molar-refractivity contribution in [2.24, 2.45) is 0 Å². The summed E-state index contributed by atoms with van der Waals surface area (Å²) in [6.07, 6.45) is 3.89. The van der Waals surface area contributed by atoms with Crippen LogP contribution in [0.1, 0.15) is 38.3 Å². The number of amides is 2. The molecule has 2 amide bonds. The SMILES string of the molecule is C=CCNC(=O)c1ccccc1NC(=O)c1ccc(CN2CCCc3ccccc32)cc1. The molecule has 1 aliphatic rings. The molecule has 0 aliphatic carbocycles. The summed E-state index contributed by atoms with van der Waals surface area (Å²) in [7, 11) is 0. The van der Waals surface area contributed by atoms with Crippen LogP contribution in [0.25, 0.3) is 0 Å². The number of hydrogen-bond acceptors (Lipinski definition) is 3. The second-order valence-corrected chi connectivity index (χ2v) is 7.85. The summed E-state index contributed by atoms with van der Waals surface area (Å²) in [5.41, 5.74) is 5.30. The van der Waals surface area contributed by atoms with Gasteiger partial charge in [-0.25, -0.2) is 0 Å². The zero-order chi connectivity index (χ0) is 22.3. The summed E-state index contributed by atoms with van der Waals surface area (Å²) in [4.78, 5) is 27.5. The summed E-state index contributed by atoms with van der Waals surface area (Å²) in [5.74, 6) is -0.498. The first kappa shape index (κ1) is 21.4. The molecule has 5 heteroatoms. The Morgan fingerprint density at radius 2 is 1.69 bits per heavy atom. The van der Waals surface area contributed by atoms with Crippen LogP contribution in [-0.2, 0) is 13.0 Å². The van der Waals surface area contributed by atoms with Crippen molar-refractivity contribution in [1.29, 1.82) is 0 Å². The lowest BCUT2D eigenvalue weighted by atomic mass is 10.0. The van der Waals surface area contributed by atoms with Crippen LogP contribution in [0.5, 0.6) is 0 Å². The molecule has 0 fully saturated rings. The third-order valence-electron chi connectivity index (χ3n) is 5.62. The molecule has 0 spiro atoms. The molecule has 5 nitrogen and oxygen atoms in total. The molecule has 4 rings (SSSR count). The molecule has 0 radical (unpaired) electrons. The number of benzene rings is 3. The van der Waals surface area contributed by atoms with Gasteiger partial charge in [0.05, 0.1) is 11.3 Å². The molecule has 0 atom stereocenters. The van der Waals surface area contributed by atoms with Crippen molar-refractivity contribution in [1.82, 2.24) is 5.32 Å². The van der Waals surface area contributed by atoms with E-state index in [4.69, 9.17) is 0 Å². The van der Waals surface area contributed by atoms with Crippen LogP contribution in [0, 0.1) is 0 Å². The standard InChI is InChI=1S/C27H27N3O2/c1-2-17-28-27(32)23-10-4-5-11-24(23)29-26(31)22-15-13-20(14-16-22)19-30-18-7-9-21-8-3-6-12-25(21)30/h2-6,8,10-16H,1,7,9,17-19H2,(H,28,32)(H,29,31). The number of hydrogen-bond donors (Lipinski definition) is 2. The van der Waals surface area contributed by atoms with E-state index in [0.29, 0.717) is 23.4 Å². The monoisotopic (exact) mass is 425 g/mol. The second kappa shape index (κ2) is 9.96. The minimum atomic E-state index is -0.252.